The first-order chi connectivity index (χ1) is 12.6. The predicted octanol–water partition coefficient (Wildman–Crippen LogP) is 3.41. The monoisotopic (exact) mass is 406 g/mol. The molecule has 1 heterocycles. The van der Waals surface area contributed by atoms with Gasteiger partial charge in [0.25, 0.3) is 0 Å². The van der Waals surface area contributed by atoms with Gasteiger partial charge in [0.2, 0.25) is 15.9 Å². The van der Waals surface area contributed by atoms with Crippen molar-refractivity contribution in [3.8, 4) is 0 Å². The van der Waals surface area contributed by atoms with Gasteiger partial charge in [0, 0.05) is 25.0 Å². The van der Waals surface area contributed by atoms with Crippen molar-refractivity contribution in [3.63, 3.8) is 0 Å². The van der Waals surface area contributed by atoms with Crippen LogP contribution in [-0.4, -0.2) is 37.8 Å². The molecule has 0 bridgehead atoms. The quantitative estimate of drug-likeness (QED) is 0.787. The molecule has 5 nitrogen and oxygen atoms in total. The zero-order valence-corrected chi connectivity index (χ0v) is 16.2. The lowest BCUT2D eigenvalue weighted by atomic mass is 9.96. The van der Waals surface area contributed by atoms with Crippen molar-refractivity contribution in [2.24, 2.45) is 5.92 Å². The summed E-state index contributed by atoms with van der Waals surface area (Å²) in [5.41, 5.74) is -1.17. The highest BCUT2D eigenvalue weighted by Crippen LogP contribution is 2.36. The SMILES string of the molecule is CCC[C@@H](C)NC(=O)C1CCN(S(=O)(=O)c2ccccc2C(F)(F)F)CC1. The number of alkyl halides is 3. The van der Waals surface area contributed by atoms with Gasteiger partial charge in [-0.05, 0) is 38.3 Å². The van der Waals surface area contributed by atoms with Gasteiger partial charge in [-0.3, -0.25) is 4.79 Å². The van der Waals surface area contributed by atoms with E-state index in [0.717, 1.165) is 35.3 Å². The molecule has 0 aromatic heterocycles. The number of rotatable bonds is 6. The van der Waals surface area contributed by atoms with Crippen molar-refractivity contribution in [2.75, 3.05) is 13.1 Å². The van der Waals surface area contributed by atoms with Gasteiger partial charge in [0.1, 0.15) is 0 Å². The third-order valence-electron chi connectivity index (χ3n) is 4.75. The summed E-state index contributed by atoms with van der Waals surface area (Å²) < 4.78 is 66.0. The number of nitrogens with zero attached hydrogens (tertiary/aromatic N) is 1. The Labute approximate surface area is 158 Å². The minimum Gasteiger partial charge on any atom is -0.353 e. The number of amides is 1. The average Bonchev–Trinajstić information content (AvgIpc) is 2.61. The van der Waals surface area contributed by atoms with Gasteiger partial charge in [-0.15, -0.1) is 0 Å². The first kappa shape index (κ1) is 21.7. The summed E-state index contributed by atoms with van der Waals surface area (Å²) in [5, 5.41) is 2.91. The van der Waals surface area contributed by atoms with Gasteiger partial charge in [-0.1, -0.05) is 25.5 Å². The maximum atomic E-state index is 13.2. The summed E-state index contributed by atoms with van der Waals surface area (Å²) in [7, 11) is -4.28. The second-order valence-corrected chi connectivity index (χ2v) is 8.78. The van der Waals surface area contributed by atoms with E-state index in [1.165, 1.54) is 6.07 Å². The van der Waals surface area contributed by atoms with Crippen LogP contribution in [0.15, 0.2) is 29.2 Å². The Hall–Kier alpha value is -1.61. The summed E-state index contributed by atoms with van der Waals surface area (Å²) in [4.78, 5) is 11.5. The van der Waals surface area contributed by atoms with E-state index in [4.69, 9.17) is 0 Å². The van der Waals surface area contributed by atoms with Gasteiger partial charge in [-0.25, -0.2) is 8.42 Å². The number of benzene rings is 1. The fraction of sp³-hybridized carbons (Fsp3) is 0.611. The second-order valence-electron chi connectivity index (χ2n) is 6.87. The Morgan fingerprint density at radius 1 is 1.26 bits per heavy atom. The third-order valence-corrected chi connectivity index (χ3v) is 6.70. The van der Waals surface area contributed by atoms with Crippen LogP contribution in [0.2, 0.25) is 0 Å². The van der Waals surface area contributed by atoms with E-state index in [-0.39, 0.29) is 43.8 Å². The van der Waals surface area contributed by atoms with E-state index in [2.05, 4.69) is 5.32 Å². The number of sulfonamides is 1. The van der Waals surface area contributed by atoms with Gasteiger partial charge in [0.05, 0.1) is 10.5 Å². The van der Waals surface area contributed by atoms with Crippen LogP contribution in [-0.2, 0) is 21.0 Å². The standard InChI is InChI=1S/C18H25F3N2O3S/c1-3-6-13(2)22-17(24)14-9-11-23(12-10-14)27(25,26)16-8-5-4-7-15(16)18(19,20)21/h4-5,7-8,13-14H,3,6,9-12H2,1-2H3,(H,22,24)/t13-/m1/s1. The van der Waals surface area contributed by atoms with Gasteiger partial charge in [0.15, 0.2) is 0 Å². The molecule has 0 saturated carbocycles. The smallest absolute Gasteiger partial charge is 0.353 e. The predicted molar refractivity (Wildman–Crippen MR) is 95.4 cm³/mol. The largest absolute Gasteiger partial charge is 0.417 e. The van der Waals surface area contributed by atoms with Crippen LogP contribution in [0.1, 0.15) is 45.1 Å². The molecule has 1 aromatic carbocycles. The van der Waals surface area contributed by atoms with Crippen LogP contribution in [0.4, 0.5) is 13.2 Å². The highest BCUT2D eigenvalue weighted by Gasteiger charge is 2.40. The van der Waals surface area contributed by atoms with E-state index >= 15 is 0 Å². The first-order valence-electron chi connectivity index (χ1n) is 9.04. The number of hydrogen-bond acceptors (Lipinski definition) is 3. The fourth-order valence-corrected chi connectivity index (χ4v) is 4.97. The summed E-state index contributed by atoms with van der Waals surface area (Å²) in [6.45, 7) is 3.98. The molecule has 9 heteroatoms. The minimum atomic E-state index is -4.75. The lowest BCUT2D eigenvalue weighted by Gasteiger charge is -2.31. The van der Waals surface area contributed by atoms with Crippen molar-refractivity contribution >= 4 is 15.9 Å². The zero-order chi connectivity index (χ0) is 20.2. The number of hydrogen-bond donors (Lipinski definition) is 1. The van der Waals surface area contributed by atoms with Crippen molar-refractivity contribution in [1.29, 1.82) is 0 Å². The maximum absolute atomic E-state index is 13.2. The molecule has 0 unspecified atom stereocenters. The van der Waals surface area contributed by atoms with Crippen molar-refractivity contribution in [2.45, 2.75) is 56.6 Å². The molecule has 1 N–H and O–H groups in total. The summed E-state index contributed by atoms with van der Waals surface area (Å²) in [6.07, 6.45) is -2.38. The summed E-state index contributed by atoms with van der Waals surface area (Å²) >= 11 is 0. The van der Waals surface area contributed by atoms with Crippen molar-refractivity contribution in [3.05, 3.63) is 29.8 Å². The van der Waals surface area contributed by atoms with Crippen LogP contribution in [0.3, 0.4) is 0 Å². The molecule has 0 spiro atoms. The van der Waals surface area contributed by atoms with Gasteiger partial charge in [-0.2, -0.15) is 17.5 Å². The lowest BCUT2D eigenvalue weighted by Crippen LogP contribution is -2.45. The molecular weight excluding hydrogens is 381 g/mol. The number of halogens is 3. The summed E-state index contributed by atoms with van der Waals surface area (Å²) in [5.74, 6) is -0.447. The molecule has 1 atom stereocenters. The van der Waals surface area contributed by atoms with E-state index in [1.54, 1.807) is 0 Å². The number of carbonyl (C=O) groups excluding carboxylic acids is 1. The highest BCUT2D eigenvalue weighted by atomic mass is 32.2. The normalized spacial score (nSPS) is 18.3. The Balaban J connectivity index is 2.09. The molecule has 1 saturated heterocycles. The van der Waals surface area contributed by atoms with Crippen LogP contribution >= 0.6 is 0 Å². The van der Waals surface area contributed by atoms with Crippen LogP contribution in [0, 0.1) is 5.92 Å². The van der Waals surface area contributed by atoms with E-state index in [9.17, 15) is 26.4 Å². The molecule has 1 amide bonds. The maximum Gasteiger partial charge on any atom is 0.417 e. The number of nitrogens with one attached hydrogen (secondary N) is 1. The number of carbonyl (C=O) groups is 1. The minimum absolute atomic E-state index is 0.0226. The third kappa shape index (κ3) is 5.22. The molecule has 2 rings (SSSR count). The molecule has 152 valence electrons. The second kappa shape index (κ2) is 8.60. The van der Waals surface area contributed by atoms with Crippen LogP contribution in [0.25, 0.3) is 0 Å². The molecule has 1 aliphatic rings. The van der Waals surface area contributed by atoms with Crippen molar-refractivity contribution < 1.29 is 26.4 Å². The van der Waals surface area contributed by atoms with Crippen molar-refractivity contribution in [1.82, 2.24) is 9.62 Å². The first-order valence-corrected chi connectivity index (χ1v) is 10.5. The molecule has 27 heavy (non-hydrogen) atoms. The Kier molecular flexibility index (Phi) is 6.91. The Morgan fingerprint density at radius 3 is 2.41 bits per heavy atom. The van der Waals surface area contributed by atoms with Crippen LogP contribution < -0.4 is 5.32 Å². The average molecular weight is 406 g/mol. The van der Waals surface area contributed by atoms with Gasteiger partial charge >= 0.3 is 6.18 Å². The topological polar surface area (TPSA) is 66.5 Å². The molecule has 0 aliphatic carbocycles. The fourth-order valence-electron chi connectivity index (χ4n) is 3.29. The van der Waals surface area contributed by atoms with Gasteiger partial charge < -0.3 is 5.32 Å². The molecule has 0 radical (unpaired) electrons. The lowest BCUT2D eigenvalue weighted by molar-refractivity contribution is -0.139. The zero-order valence-electron chi connectivity index (χ0n) is 15.4. The summed E-state index contributed by atoms with van der Waals surface area (Å²) in [6, 6.07) is 4.22. The highest BCUT2D eigenvalue weighted by molar-refractivity contribution is 7.89. The van der Waals surface area contributed by atoms with Crippen LogP contribution in [0.5, 0.6) is 0 Å². The van der Waals surface area contributed by atoms with E-state index < -0.39 is 26.7 Å². The van der Waals surface area contributed by atoms with E-state index in [1.807, 2.05) is 13.8 Å². The number of piperidine rings is 1. The Morgan fingerprint density at radius 2 is 1.85 bits per heavy atom. The molecule has 1 aliphatic heterocycles. The molecular formula is C18H25F3N2O3S. The molecule has 1 fully saturated rings. The molecule has 1 aromatic rings. The Bertz CT molecular complexity index is 757. The van der Waals surface area contributed by atoms with E-state index in [0.29, 0.717) is 0 Å².